The SMILES string of the molecule is Nc1nc(Cl)nc2c1ncn2[C@H](O[C@@H](CO)COC(C(=O)O)C(=O)O)[C@H](O)C#Cc1cc[nH]n1. The lowest BCUT2D eigenvalue weighted by molar-refractivity contribution is -0.175. The number of aromatic amines is 1. The van der Waals surface area contributed by atoms with Gasteiger partial charge in [0.1, 0.15) is 17.3 Å². The number of carboxylic acid groups (broad SMARTS) is 2. The van der Waals surface area contributed by atoms with E-state index in [1.54, 1.807) is 6.07 Å². The molecule has 0 bridgehead atoms. The Hall–Kier alpha value is -3.81. The number of carbonyl (C=O) groups is 2. The number of nitrogens with zero attached hydrogens (tertiary/aromatic N) is 5. The molecule has 0 aliphatic rings. The Bertz CT molecular complexity index is 1210. The normalized spacial score (nSPS) is 13.9. The Morgan fingerprint density at radius 2 is 2.03 bits per heavy atom. The van der Waals surface area contributed by atoms with E-state index in [0.29, 0.717) is 5.69 Å². The van der Waals surface area contributed by atoms with Crippen LogP contribution < -0.4 is 5.73 Å². The lowest BCUT2D eigenvalue weighted by atomic mass is 10.2. The van der Waals surface area contributed by atoms with Crippen LogP contribution in [0.1, 0.15) is 11.9 Å². The number of imidazole rings is 1. The summed E-state index contributed by atoms with van der Waals surface area (Å²) in [7, 11) is 0. The Morgan fingerprint density at radius 1 is 1.29 bits per heavy atom. The van der Waals surface area contributed by atoms with Crippen LogP contribution in [-0.4, -0.2) is 93.6 Å². The standard InChI is InChI=1S/C18H18ClN7O8/c19-18-23-13(20)11-14(24-18)26(7-21-11)15(10(28)2-1-8-3-4-22-25-8)34-9(5-27)6-33-12(16(29)30)17(31)32/h3-4,7,9-10,12,15,27-28H,5-6H2,(H,22,25)(H,29,30)(H,31,32)(H2,20,23,24)/t9-,10+,15+/m0/s1. The van der Waals surface area contributed by atoms with E-state index in [-0.39, 0.29) is 22.3 Å². The Balaban J connectivity index is 1.93. The zero-order chi connectivity index (χ0) is 24.8. The highest BCUT2D eigenvalue weighted by Gasteiger charge is 2.31. The molecule has 3 atom stereocenters. The van der Waals surface area contributed by atoms with Gasteiger partial charge in [-0.1, -0.05) is 5.92 Å². The second kappa shape index (κ2) is 10.9. The summed E-state index contributed by atoms with van der Waals surface area (Å²) < 4.78 is 11.8. The molecule has 7 N–H and O–H groups in total. The van der Waals surface area contributed by atoms with Gasteiger partial charge in [-0.2, -0.15) is 15.1 Å². The van der Waals surface area contributed by atoms with Gasteiger partial charge >= 0.3 is 11.9 Å². The van der Waals surface area contributed by atoms with E-state index in [9.17, 15) is 19.8 Å². The number of nitrogen functional groups attached to an aromatic ring is 1. The third-order valence-corrected chi connectivity index (χ3v) is 4.42. The number of aliphatic hydroxyl groups excluding tert-OH is 2. The van der Waals surface area contributed by atoms with E-state index < -0.39 is 49.7 Å². The summed E-state index contributed by atoms with van der Waals surface area (Å²) in [5.41, 5.74) is 6.33. The first-order valence-electron chi connectivity index (χ1n) is 9.39. The van der Waals surface area contributed by atoms with Crippen LogP contribution in [0.2, 0.25) is 5.28 Å². The predicted octanol–water partition coefficient (Wildman–Crippen LogP) is -1.37. The maximum absolute atomic E-state index is 11.0. The number of nitrogens with one attached hydrogen (secondary N) is 1. The lowest BCUT2D eigenvalue weighted by Gasteiger charge is -2.26. The highest BCUT2D eigenvalue weighted by atomic mass is 35.5. The van der Waals surface area contributed by atoms with Gasteiger partial charge in [0.05, 0.1) is 19.5 Å². The van der Waals surface area contributed by atoms with E-state index in [1.807, 2.05) is 0 Å². The zero-order valence-corrected chi connectivity index (χ0v) is 17.8. The minimum atomic E-state index is -2.19. The number of anilines is 1. The van der Waals surface area contributed by atoms with Crippen molar-refractivity contribution in [1.29, 1.82) is 0 Å². The second-order valence-corrected chi connectivity index (χ2v) is 6.93. The highest BCUT2D eigenvalue weighted by molar-refractivity contribution is 6.28. The number of H-pyrrole nitrogens is 1. The molecule has 180 valence electrons. The molecule has 34 heavy (non-hydrogen) atoms. The smallest absolute Gasteiger partial charge is 0.344 e. The van der Waals surface area contributed by atoms with E-state index in [0.717, 1.165) is 0 Å². The van der Waals surface area contributed by atoms with Gasteiger partial charge in [-0.3, -0.25) is 9.67 Å². The molecule has 3 aromatic heterocycles. The number of hydrogen-bond acceptors (Lipinski definition) is 11. The fraction of sp³-hybridized carbons (Fsp3) is 0.333. The Labute approximate surface area is 195 Å². The minimum Gasteiger partial charge on any atom is -0.479 e. The summed E-state index contributed by atoms with van der Waals surface area (Å²) in [6.07, 6.45) is -3.73. The van der Waals surface area contributed by atoms with Gasteiger partial charge in [0.2, 0.25) is 5.28 Å². The fourth-order valence-electron chi connectivity index (χ4n) is 2.72. The van der Waals surface area contributed by atoms with Crippen LogP contribution in [0.4, 0.5) is 5.82 Å². The molecule has 0 radical (unpaired) electrons. The van der Waals surface area contributed by atoms with Crippen LogP contribution in [0.5, 0.6) is 0 Å². The summed E-state index contributed by atoms with van der Waals surface area (Å²) in [5, 5.41) is 44.6. The average molecular weight is 496 g/mol. The van der Waals surface area contributed by atoms with E-state index in [1.165, 1.54) is 17.1 Å². The molecule has 0 amide bonds. The average Bonchev–Trinajstić information content (AvgIpc) is 3.44. The molecule has 0 aliphatic heterocycles. The number of aliphatic hydroxyl groups is 2. The molecular weight excluding hydrogens is 478 g/mol. The predicted molar refractivity (Wildman–Crippen MR) is 112 cm³/mol. The largest absolute Gasteiger partial charge is 0.479 e. The number of halogens is 1. The van der Waals surface area contributed by atoms with Gasteiger partial charge in [-0.15, -0.1) is 0 Å². The summed E-state index contributed by atoms with van der Waals surface area (Å²) in [4.78, 5) is 34.0. The van der Waals surface area contributed by atoms with Crippen LogP contribution in [0.25, 0.3) is 11.2 Å². The molecule has 0 saturated heterocycles. The Morgan fingerprint density at radius 3 is 2.65 bits per heavy atom. The first-order chi connectivity index (χ1) is 16.2. The van der Waals surface area contributed by atoms with Gasteiger partial charge in [-0.05, 0) is 23.6 Å². The van der Waals surface area contributed by atoms with E-state index in [2.05, 4.69) is 37.0 Å². The molecule has 3 aromatic rings. The molecule has 0 aromatic carbocycles. The summed E-state index contributed by atoms with van der Waals surface area (Å²) in [6.45, 7) is -1.38. The minimum absolute atomic E-state index is 0.0441. The molecule has 0 unspecified atom stereocenters. The number of rotatable bonds is 10. The maximum Gasteiger partial charge on any atom is 0.344 e. The van der Waals surface area contributed by atoms with Crippen molar-refractivity contribution in [3.63, 3.8) is 0 Å². The van der Waals surface area contributed by atoms with Gasteiger partial charge in [0.15, 0.2) is 23.8 Å². The Kier molecular flexibility index (Phi) is 7.94. The molecule has 0 fully saturated rings. The molecular formula is C18H18ClN7O8. The van der Waals surface area contributed by atoms with Crippen molar-refractivity contribution in [1.82, 2.24) is 29.7 Å². The molecule has 0 aliphatic carbocycles. The molecule has 3 heterocycles. The third-order valence-electron chi connectivity index (χ3n) is 4.25. The molecule has 0 saturated carbocycles. The van der Waals surface area contributed by atoms with Crippen LogP contribution in [0.3, 0.4) is 0 Å². The summed E-state index contributed by atoms with van der Waals surface area (Å²) >= 11 is 5.89. The third kappa shape index (κ3) is 5.75. The molecule has 16 heteroatoms. The number of nitrogens with two attached hydrogens (primary N) is 1. The van der Waals surface area contributed by atoms with Crippen molar-refractivity contribution < 1.29 is 39.5 Å². The van der Waals surface area contributed by atoms with Crippen molar-refractivity contribution in [2.24, 2.45) is 0 Å². The van der Waals surface area contributed by atoms with Crippen molar-refractivity contribution >= 4 is 40.5 Å². The number of aromatic nitrogens is 6. The highest BCUT2D eigenvalue weighted by Crippen LogP contribution is 2.25. The first-order valence-corrected chi connectivity index (χ1v) is 9.77. The van der Waals surface area contributed by atoms with Gasteiger partial charge in [-0.25, -0.2) is 14.6 Å². The quantitative estimate of drug-likeness (QED) is 0.108. The number of hydrogen-bond donors (Lipinski definition) is 6. The number of aliphatic carboxylic acids is 2. The van der Waals surface area contributed by atoms with Crippen molar-refractivity contribution in [3.05, 3.63) is 29.6 Å². The summed E-state index contributed by atoms with van der Waals surface area (Å²) in [6, 6.07) is 1.55. The monoisotopic (exact) mass is 495 g/mol. The lowest BCUT2D eigenvalue weighted by Crippen LogP contribution is -2.38. The van der Waals surface area contributed by atoms with E-state index >= 15 is 0 Å². The number of fused-ring (bicyclic) bond motifs is 1. The van der Waals surface area contributed by atoms with Gasteiger partial charge in [0, 0.05) is 6.20 Å². The maximum atomic E-state index is 11.0. The van der Waals surface area contributed by atoms with Crippen molar-refractivity contribution in [3.8, 4) is 11.8 Å². The van der Waals surface area contributed by atoms with E-state index in [4.69, 9.17) is 37.0 Å². The molecule has 0 spiro atoms. The van der Waals surface area contributed by atoms with Crippen LogP contribution >= 0.6 is 11.6 Å². The number of carboxylic acids is 2. The molecule has 3 rings (SSSR count). The van der Waals surface area contributed by atoms with Gasteiger partial charge < -0.3 is 35.6 Å². The topological polar surface area (TPSA) is 232 Å². The van der Waals surface area contributed by atoms with Crippen molar-refractivity contribution in [2.75, 3.05) is 18.9 Å². The van der Waals surface area contributed by atoms with Crippen LogP contribution in [0.15, 0.2) is 18.6 Å². The second-order valence-electron chi connectivity index (χ2n) is 6.60. The zero-order valence-electron chi connectivity index (χ0n) is 17.1. The van der Waals surface area contributed by atoms with Gasteiger partial charge in [0.25, 0.3) is 6.10 Å². The first kappa shape index (κ1) is 24.8. The number of ether oxygens (including phenoxy) is 2. The van der Waals surface area contributed by atoms with Crippen LogP contribution in [0, 0.1) is 11.8 Å². The molecule has 15 nitrogen and oxygen atoms in total. The van der Waals surface area contributed by atoms with Crippen molar-refractivity contribution in [2.45, 2.75) is 24.5 Å². The summed E-state index contributed by atoms with van der Waals surface area (Å²) in [5.74, 6) is 1.62. The van der Waals surface area contributed by atoms with Crippen LogP contribution in [-0.2, 0) is 19.1 Å². The fourth-order valence-corrected chi connectivity index (χ4v) is 2.89.